The van der Waals surface area contributed by atoms with E-state index in [1.807, 2.05) is 23.9 Å². The maximum Gasteiger partial charge on any atom is 0.269 e. The highest BCUT2D eigenvalue weighted by Crippen LogP contribution is 2.22. The van der Waals surface area contributed by atoms with Gasteiger partial charge in [0.1, 0.15) is 0 Å². The van der Waals surface area contributed by atoms with Crippen LogP contribution in [0.1, 0.15) is 31.9 Å². The van der Waals surface area contributed by atoms with Crippen molar-refractivity contribution in [1.29, 1.82) is 0 Å². The summed E-state index contributed by atoms with van der Waals surface area (Å²) >= 11 is 0. The van der Waals surface area contributed by atoms with E-state index in [2.05, 4.69) is 17.3 Å². The number of nitrogens with zero attached hydrogens (tertiary/aromatic N) is 3. The molecule has 2 rings (SSSR count). The van der Waals surface area contributed by atoms with Crippen LogP contribution in [0.2, 0.25) is 0 Å². The number of aryl methyl sites for hydroxylation is 1. The van der Waals surface area contributed by atoms with Crippen molar-refractivity contribution in [1.82, 2.24) is 9.78 Å². The van der Waals surface area contributed by atoms with E-state index in [-0.39, 0.29) is 16.7 Å². The molecule has 6 nitrogen and oxygen atoms in total. The molecule has 1 aromatic heterocycles. The molecular formula is C14H18N4O2. The molecule has 20 heavy (non-hydrogen) atoms. The van der Waals surface area contributed by atoms with Gasteiger partial charge in [0.25, 0.3) is 5.69 Å². The number of rotatable bonds is 6. The zero-order valence-corrected chi connectivity index (χ0v) is 11.6. The smallest absolute Gasteiger partial charge is 0.269 e. The van der Waals surface area contributed by atoms with Crippen molar-refractivity contribution in [2.45, 2.75) is 32.9 Å². The van der Waals surface area contributed by atoms with Crippen LogP contribution < -0.4 is 5.32 Å². The molecule has 0 amide bonds. The first-order valence-corrected chi connectivity index (χ1v) is 6.63. The summed E-state index contributed by atoms with van der Waals surface area (Å²) in [7, 11) is 0. The summed E-state index contributed by atoms with van der Waals surface area (Å²) in [5.74, 6) is 0. The van der Waals surface area contributed by atoms with E-state index >= 15 is 0 Å². The average molecular weight is 274 g/mol. The monoisotopic (exact) mass is 274 g/mol. The molecule has 1 atom stereocenters. The lowest BCUT2D eigenvalue weighted by Gasteiger charge is -2.13. The van der Waals surface area contributed by atoms with Crippen molar-refractivity contribution >= 4 is 11.4 Å². The molecule has 0 aliphatic rings. The van der Waals surface area contributed by atoms with Gasteiger partial charge in [-0.2, -0.15) is 5.10 Å². The Bertz CT molecular complexity index is 594. The van der Waals surface area contributed by atoms with E-state index in [0.29, 0.717) is 0 Å². The Labute approximate surface area is 117 Å². The maximum atomic E-state index is 10.8. The minimum Gasteiger partial charge on any atom is -0.376 e. The second-order valence-electron chi connectivity index (χ2n) is 4.71. The van der Waals surface area contributed by atoms with E-state index < -0.39 is 0 Å². The average Bonchev–Trinajstić information content (AvgIpc) is 2.86. The molecule has 0 fully saturated rings. The van der Waals surface area contributed by atoms with Crippen LogP contribution >= 0.6 is 0 Å². The molecule has 0 bridgehead atoms. The predicted octanol–water partition coefficient (Wildman–Crippen LogP) is 3.37. The molecule has 0 unspecified atom stereocenters. The van der Waals surface area contributed by atoms with Crippen LogP contribution in [0, 0.1) is 10.1 Å². The summed E-state index contributed by atoms with van der Waals surface area (Å²) in [6.45, 7) is 4.95. The summed E-state index contributed by atoms with van der Waals surface area (Å²) in [6, 6.07) is 6.64. The van der Waals surface area contributed by atoms with Gasteiger partial charge in [-0.05, 0) is 18.9 Å². The van der Waals surface area contributed by atoms with Crippen molar-refractivity contribution < 1.29 is 4.92 Å². The fourth-order valence-corrected chi connectivity index (χ4v) is 2.03. The number of non-ortho nitro benzene ring substituents is 1. The standard InChI is InChI=1S/C14H18N4O2/c1-3-7-17-10-13(9-15-17)16-11(2)12-5-4-6-14(8-12)18(19)20/h4-6,8-11,16H,3,7H2,1-2H3/t11-/m0/s1. The molecule has 0 radical (unpaired) electrons. The zero-order chi connectivity index (χ0) is 14.5. The summed E-state index contributed by atoms with van der Waals surface area (Å²) in [5.41, 5.74) is 1.90. The van der Waals surface area contributed by atoms with Gasteiger partial charge in [0.2, 0.25) is 0 Å². The van der Waals surface area contributed by atoms with Crippen LogP contribution in [0.4, 0.5) is 11.4 Å². The van der Waals surface area contributed by atoms with E-state index in [1.165, 1.54) is 6.07 Å². The molecule has 2 aromatic rings. The highest BCUT2D eigenvalue weighted by Gasteiger charge is 2.11. The first-order chi connectivity index (χ1) is 9.60. The van der Waals surface area contributed by atoms with Crippen LogP contribution in [-0.4, -0.2) is 14.7 Å². The number of nitro groups is 1. The van der Waals surface area contributed by atoms with E-state index in [9.17, 15) is 10.1 Å². The largest absolute Gasteiger partial charge is 0.376 e. The third-order valence-electron chi connectivity index (χ3n) is 3.05. The van der Waals surface area contributed by atoms with Gasteiger partial charge in [-0.25, -0.2) is 0 Å². The highest BCUT2D eigenvalue weighted by atomic mass is 16.6. The molecule has 106 valence electrons. The van der Waals surface area contributed by atoms with E-state index in [0.717, 1.165) is 24.2 Å². The van der Waals surface area contributed by atoms with Gasteiger partial charge in [-0.1, -0.05) is 19.1 Å². The number of nitro benzene ring substituents is 1. The topological polar surface area (TPSA) is 73.0 Å². The van der Waals surface area contributed by atoms with Crippen molar-refractivity contribution in [2.75, 3.05) is 5.32 Å². The van der Waals surface area contributed by atoms with Crippen molar-refractivity contribution in [3.63, 3.8) is 0 Å². The van der Waals surface area contributed by atoms with Gasteiger partial charge in [-0.3, -0.25) is 14.8 Å². The first kappa shape index (κ1) is 14.0. The predicted molar refractivity (Wildman–Crippen MR) is 77.7 cm³/mol. The van der Waals surface area contributed by atoms with Crippen LogP contribution in [0.15, 0.2) is 36.7 Å². The van der Waals surface area contributed by atoms with Crippen molar-refractivity contribution in [3.05, 3.63) is 52.3 Å². The Morgan fingerprint density at radius 3 is 3.00 bits per heavy atom. The van der Waals surface area contributed by atoms with Gasteiger partial charge in [0, 0.05) is 30.9 Å². The van der Waals surface area contributed by atoms with Crippen LogP contribution in [0.25, 0.3) is 0 Å². The fourth-order valence-electron chi connectivity index (χ4n) is 2.03. The molecule has 0 aliphatic heterocycles. The maximum absolute atomic E-state index is 10.8. The molecule has 1 heterocycles. The van der Waals surface area contributed by atoms with E-state index in [4.69, 9.17) is 0 Å². The SMILES string of the molecule is CCCn1cc(N[C@@H](C)c2cccc([N+](=O)[O-])c2)cn1. The third kappa shape index (κ3) is 3.34. The summed E-state index contributed by atoms with van der Waals surface area (Å²) in [5, 5.41) is 18.3. The van der Waals surface area contributed by atoms with Crippen LogP contribution in [0.3, 0.4) is 0 Å². The Balaban J connectivity index is 2.08. The lowest BCUT2D eigenvalue weighted by Crippen LogP contribution is -2.06. The second-order valence-corrected chi connectivity index (χ2v) is 4.71. The Hall–Kier alpha value is -2.37. The molecule has 0 saturated heterocycles. The Morgan fingerprint density at radius 2 is 2.30 bits per heavy atom. The molecule has 0 aliphatic carbocycles. The Morgan fingerprint density at radius 1 is 1.50 bits per heavy atom. The lowest BCUT2D eigenvalue weighted by molar-refractivity contribution is -0.384. The minimum atomic E-state index is -0.379. The fraction of sp³-hybridized carbons (Fsp3) is 0.357. The lowest BCUT2D eigenvalue weighted by atomic mass is 10.1. The first-order valence-electron chi connectivity index (χ1n) is 6.63. The second kappa shape index (κ2) is 6.18. The van der Waals surface area contributed by atoms with Gasteiger partial charge < -0.3 is 5.32 Å². The molecule has 1 N–H and O–H groups in total. The molecule has 0 saturated carbocycles. The summed E-state index contributed by atoms with van der Waals surface area (Å²) < 4.78 is 1.88. The number of nitrogens with one attached hydrogen (secondary N) is 1. The molecule has 1 aromatic carbocycles. The van der Waals surface area contributed by atoms with Crippen LogP contribution in [-0.2, 0) is 6.54 Å². The van der Waals surface area contributed by atoms with E-state index in [1.54, 1.807) is 18.3 Å². The van der Waals surface area contributed by atoms with Gasteiger partial charge in [0.05, 0.1) is 16.8 Å². The third-order valence-corrected chi connectivity index (χ3v) is 3.05. The van der Waals surface area contributed by atoms with Crippen LogP contribution in [0.5, 0.6) is 0 Å². The molecule has 6 heteroatoms. The number of hydrogen-bond donors (Lipinski definition) is 1. The summed E-state index contributed by atoms with van der Waals surface area (Å²) in [6.07, 6.45) is 4.74. The summed E-state index contributed by atoms with van der Waals surface area (Å²) in [4.78, 5) is 10.4. The van der Waals surface area contributed by atoms with Gasteiger partial charge in [0.15, 0.2) is 0 Å². The van der Waals surface area contributed by atoms with Crippen molar-refractivity contribution in [3.8, 4) is 0 Å². The van der Waals surface area contributed by atoms with Gasteiger partial charge >= 0.3 is 0 Å². The zero-order valence-electron chi connectivity index (χ0n) is 11.6. The number of hydrogen-bond acceptors (Lipinski definition) is 4. The normalized spacial score (nSPS) is 12.1. The number of anilines is 1. The molecular weight excluding hydrogens is 256 g/mol. The van der Waals surface area contributed by atoms with Gasteiger partial charge in [-0.15, -0.1) is 0 Å². The number of aromatic nitrogens is 2. The van der Waals surface area contributed by atoms with Crippen molar-refractivity contribution in [2.24, 2.45) is 0 Å². The molecule has 0 spiro atoms. The Kier molecular flexibility index (Phi) is 4.34. The minimum absolute atomic E-state index is 0.0193. The quantitative estimate of drug-likeness (QED) is 0.647. The number of benzene rings is 1. The highest BCUT2D eigenvalue weighted by molar-refractivity contribution is 5.43.